The van der Waals surface area contributed by atoms with E-state index in [0.29, 0.717) is 36.3 Å². The van der Waals surface area contributed by atoms with Crippen LogP contribution in [0.4, 0.5) is 11.9 Å². The van der Waals surface area contributed by atoms with Crippen LogP contribution in [0.5, 0.6) is 0 Å². The smallest absolute Gasteiger partial charge is 0.423 e. The summed E-state index contributed by atoms with van der Waals surface area (Å²) < 4.78 is 0. The molecule has 10 heteroatoms. The number of para-hydroxylation sites is 1. The number of aromatic amines is 1. The minimum atomic E-state index is -1.51. The number of H-pyrrole nitrogens is 1. The molecule has 0 unspecified atom stereocenters. The van der Waals surface area contributed by atoms with Gasteiger partial charge in [-0.15, -0.1) is 0 Å². The summed E-state index contributed by atoms with van der Waals surface area (Å²) in [4.78, 5) is 19.1. The van der Waals surface area contributed by atoms with Crippen LogP contribution in [0.15, 0.2) is 42.5 Å². The van der Waals surface area contributed by atoms with Crippen LogP contribution in [0.3, 0.4) is 0 Å². The lowest BCUT2D eigenvalue weighted by Crippen LogP contribution is -2.30. The van der Waals surface area contributed by atoms with Gasteiger partial charge in [0.1, 0.15) is 0 Å². The number of benzene rings is 2. The fourth-order valence-electron chi connectivity index (χ4n) is 3.67. The fourth-order valence-corrected chi connectivity index (χ4v) is 3.67. The molecule has 4 aromatic rings. The molecular formula is C22H26BN7O2. The molecule has 2 heterocycles. The highest BCUT2D eigenvalue weighted by Gasteiger charge is 2.18. The third kappa shape index (κ3) is 4.29. The predicted molar refractivity (Wildman–Crippen MR) is 128 cm³/mol. The molecule has 32 heavy (non-hydrogen) atoms. The van der Waals surface area contributed by atoms with Gasteiger partial charge in [-0.25, -0.2) is 0 Å². The van der Waals surface area contributed by atoms with E-state index in [4.69, 9.17) is 5.73 Å². The molecule has 0 aliphatic carbocycles. The first-order chi connectivity index (χ1) is 15.4. The van der Waals surface area contributed by atoms with Crippen molar-refractivity contribution in [2.24, 2.45) is 5.73 Å². The van der Waals surface area contributed by atoms with Crippen molar-refractivity contribution in [1.29, 1.82) is 0 Å². The van der Waals surface area contributed by atoms with Gasteiger partial charge >= 0.3 is 7.12 Å². The molecule has 0 saturated heterocycles. The zero-order valence-electron chi connectivity index (χ0n) is 18.3. The van der Waals surface area contributed by atoms with Gasteiger partial charge in [0.15, 0.2) is 5.82 Å². The second-order valence-electron chi connectivity index (χ2n) is 7.82. The Morgan fingerprint density at radius 3 is 2.59 bits per heavy atom. The Hall–Kier alpha value is -3.47. The maximum Gasteiger partial charge on any atom is 0.488 e. The summed E-state index contributed by atoms with van der Waals surface area (Å²) in [5.41, 5.74) is 11.1. The molecule has 4 rings (SSSR count). The summed E-state index contributed by atoms with van der Waals surface area (Å²) in [7, 11) is 2.25. The van der Waals surface area contributed by atoms with E-state index in [0.717, 1.165) is 33.3 Å². The molecule has 0 spiro atoms. The monoisotopic (exact) mass is 431 g/mol. The number of rotatable bonds is 7. The molecule has 0 bridgehead atoms. The molecule has 0 saturated carbocycles. The van der Waals surface area contributed by atoms with Gasteiger partial charge in [0, 0.05) is 43.8 Å². The van der Waals surface area contributed by atoms with Crippen molar-refractivity contribution in [1.82, 2.24) is 19.9 Å². The van der Waals surface area contributed by atoms with Crippen molar-refractivity contribution in [2.45, 2.75) is 20.0 Å². The normalized spacial score (nSPS) is 11.1. The molecule has 6 N–H and O–H groups in total. The van der Waals surface area contributed by atoms with Gasteiger partial charge < -0.3 is 31.0 Å². The van der Waals surface area contributed by atoms with Crippen molar-refractivity contribution < 1.29 is 10.0 Å². The molecule has 9 nitrogen and oxygen atoms in total. The number of aromatic nitrogens is 4. The number of aryl methyl sites for hydroxylation is 1. The van der Waals surface area contributed by atoms with Crippen LogP contribution in [-0.4, -0.2) is 51.2 Å². The van der Waals surface area contributed by atoms with Crippen molar-refractivity contribution >= 4 is 35.4 Å². The van der Waals surface area contributed by atoms with Crippen molar-refractivity contribution in [3.8, 4) is 11.4 Å². The van der Waals surface area contributed by atoms with Crippen molar-refractivity contribution in [3.63, 3.8) is 0 Å². The van der Waals surface area contributed by atoms with Crippen molar-refractivity contribution in [3.05, 3.63) is 59.3 Å². The highest BCUT2D eigenvalue weighted by Crippen LogP contribution is 2.32. The number of anilines is 2. The summed E-state index contributed by atoms with van der Waals surface area (Å²) in [5.74, 6) is 1.52. The molecule has 164 valence electrons. The van der Waals surface area contributed by atoms with Gasteiger partial charge in [0.2, 0.25) is 11.9 Å². The second kappa shape index (κ2) is 8.95. The molecule has 0 radical (unpaired) electrons. The first kappa shape index (κ1) is 21.8. The number of hydrogen-bond acceptors (Lipinski definition) is 8. The predicted octanol–water partition coefficient (Wildman–Crippen LogP) is 1.14. The minimum Gasteiger partial charge on any atom is -0.423 e. The molecule has 2 aromatic heterocycles. The summed E-state index contributed by atoms with van der Waals surface area (Å²) in [5, 5.41) is 23.1. The van der Waals surface area contributed by atoms with E-state index in [9.17, 15) is 10.0 Å². The highest BCUT2D eigenvalue weighted by molar-refractivity contribution is 6.58. The number of hydrogen-bond donors (Lipinski definition) is 5. The van der Waals surface area contributed by atoms with Crippen LogP contribution in [0, 0.1) is 6.92 Å². The topological polar surface area (TPSA) is 136 Å². The Morgan fingerprint density at radius 1 is 1.09 bits per heavy atom. The lowest BCUT2D eigenvalue weighted by molar-refractivity contribution is 0.425. The van der Waals surface area contributed by atoms with Crippen LogP contribution in [0.2, 0.25) is 0 Å². The van der Waals surface area contributed by atoms with Crippen molar-refractivity contribution in [2.75, 3.05) is 24.3 Å². The van der Waals surface area contributed by atoms with Gasteiger partial charge in [-0.1, -0.05) is 42.5 Å². The quantitative estimate of drug-likeness (QED) is 0.275. The number of fused-ring (bicyclic) bond motifs is 1. The summed E-state index contributed by atoms with van der Waals surface area (Å²) in [6.07, 6.45) is 0. The fraction of sp³-hybridized carbons (Fsp3) is 0.227. The SMILES string of the molecule is Cc1[nH]c2c(CN)cccc2c1-c1nc(NCc2cccc(B(O)O)c2)nc(N(C)C)n1. The van der Waals surface area contributed by atoms with Gasteiger partial charge in [-0.3, -0.25) is 0 Å². The van der Waals surface area contributed by atoms with E-state index < -0.39 is 7.12 Å². The van der Waals surface area contributed by atoms with E-state index in [-0.39, 0.29) is 0 Å². The number of nitrogens with two attached hydrogens (primary N) is 1. The molecule has 0 aliphatic rings. The standard InChI is InChI=1S/C22H26BN7O2/c1-13-18(17-9-5-7-15(11-24)19(17)26-13)20-27-21(29-22(28-20)30(2)3)25-12-14-6-4-8-16(10-14)23(31)32/h4-10,26,31-32H,11-12,24H2,1-3H3,(H,25,27,28,29). The Balaban J connectivity index is 1.73. The van der Waals surface area contributed by atoms with Crippen LogP contribution in [0.1, 0.15) is 16.8 Å². The first-order valence-electron chi connectivity index (χ1n) is 10.3. The average molecular weight is 431 g/mol. The molecular weight excluding hydrogens is 405 g/mol. The molecule has 0 atom stereocenters. The lowest BCUT2D eigenvalue weighted by Gasteiger charge is -2.14. The van der Waals surface area contributed by atoms with E-state index in [1.54, 1.807) is 18.2 Å². The third-order valence-corrected chi connectivity index (χ3v) is 5.27. The average Bonchev–Trinajstić information content (AvgIpc) is 3.13. The Bertz CT molecular complexity index is 1260. The van der Waals surface area contributed by atoms with Gasteiger partial charge in [-0.2, -0.15) is 15.0 Å². The summed E-state index contributed by atoms with van der Waals surface area (Å²) >= 11 is 0. The lowest BCUT2D eigenvalue weighted by atomic mass is 9.80. The molecule has 2 aromatic carbocycles. The third-order valence-electron chi connectivity index (χ3n) is 5.27. The first-order valence-corrected chi connectivity index (χ1v) is 10.3. The van der Waals surface area contributed by atoms with E-state index >= 15 is 0 Å². The zero-order chi connectivity index (χ0) is 22.8. The minimum absolute atomic E-state index is 0.418. The summed E-state index contributed by atoms with van der Waals surface area (Å²) in [6, 6.07) is 13.1. The van der Waals surface area contributed by atoms with E-state index in [1.165, 1.54) is 0 Å². The van der Waals surface area contributed by atoms with Gasteiger partial charge in [-0.05, 0) is 23.5 Å². The van der Waals surface area contributed by atoms with Crippen LogP contribution in [-0.2, 0) is 13.1 Å². The van der Waals surface area contributed by atoms with Crippen LogP contribution >= 0.6 is 0 Å². The second-order valence-corrected chi connectivity index (χ2v) is 7.82. The molecule has 0 fully saturated rings. The van der Waals surface area contributed by atoms with Gasteiger partial charge in [0.05, 0.1) is 5.52 Å². The Kier molecular flexibility index (Phi) is 6.09. The van der Waals surface area contributed by atoms with Crippen LogP contribution < -0.4 is 21.4 Å². The highest BCUT2D eigenvalue weighted by atomic mass is 16.4. The maximum absolute atomic E-state index is 9.41. The Morgan fingerprint density at radius 2 is 1.88 bits per heavy atom. The zero-order valence-corrected chi connectivity index (χ0v) is 18.3. The number of nitrogens with one attached hydrogen (secondary N) is 2. The molecule has 0 amide bonds. The van der Waals surface area contributed by atoms with Gasteiger partial charge in [0.25, 0.3) is 0 Å². The maximum atomic E-state index is 9.41. The van der Waals surface area contributed by atoms with E-state index in [1.807, 2.05) is 50.2 Å². The number of nitrogens with zero attached hydrogens (tertiary/aromatic N) is 4. The molecule has 0 aliphatic heterocycles. The van der Waals surface area contributed by atoms with E-state index in [2.05, 4.69) is 25.3 Å². The Labute approximate surface area is 186 Å². The largest absolute Gasteiger partial charge is 0.488 e. The summed E-state index contributed by atoms with van der Waals surface area (Å²) in [6.45, 7) is 2.85. The van der Waals surface area contributed by atoms with Crippen LogP contribution in [0.25, 0.3) is 22.3 Å².